The summed E-state index contributed by atoms with van der Waals surface area (Å²) in [6, 6.07) is 10.3. The van der Waals surface area contributed by atoms with Crippen molar-refractivity contribution in [3.05, 3.63) is 35.9 Å². The summed E-state index contributed by atoms with van der Waals surface area (Å²) < 4.78 is 0. The van der Waals surface area contributed by atoms with Crippen molar-refractivity contribution in [2.45, 2.75) is 33.2 Å². The second-order valence-corrected chi connectivity index (χ2v) is 6.41. The van der Waals surface area contributed by atoms with Crippen molar-refractivity contribution >= 4 is 29.9 Å². The Balaban J connectivity index is 0.00000484. The fraction of sp³-hybridized carbons (Fsp3) is 0.611. The van der Waals surface area contributed by atoms with Crippen LogP contribution in [0.15, 0.2) is 35.3 Å². The van der Waals surface area contributed by atoms with Gasteiger partial charge in [-0.3, -0.25) is 0 Å². The zero-order valence-electron chi connectivity index (χ0n) is 14.8. The zero-order chi connectivity index (χ0) is 16.4. The van der Waals surface area contributed by atoms with E-state index in [1.54, 1.807) is 0 Å². The lowest BCUT2D eigenvalue weighted by atomic mass is 9.94. The summed E-state index contributed by atoms with van der Waals surface area (Å²) in [5.74, 6) is 2.02. The smallest absolute Gasteiger partial charge is 0.193 e. The van der Waals surface area contributed by atoms with Crippen LogP contribution in [0.25, 0.3) is 0 Å². The minimum atomic E-state index is 0. The zero-order valence-corrected chi connectivity index (χ0v) is 17.2. The molecule has 0 heterocycles. The summed E-state index contributed by atoms with van der Waals surface area (Å²) in [5, 5.41) is 12.7. The normalized spacial score (nSPS) is 12.7. The predicted molar refractivity (Wildman–Crippen MR) is 109 cm³/mol. The number of aliphatic imine (C=N–C) groups is 1. The highest BCUT2D eigenvalue weighted by atomic mass is 127. The van der Waals surface area contributed by atoms with Crippen molar-refractivity contribution in [2.75, 3.05) is 27.2 Å². The summed E-state index contributed by atoms with van der Waals surface area (Å²) in [4.78, 5) is 6.68. The molecule has 0 aliphatic rings. The van der Waals surface area contributed by atoms with E-state index in [9.17, 15) is 5.11 Å². The van der Waals surface area contributed by atoms with Crippen molar-refractivity contribution in [3.8, 4) is 0 Å². The molecule has 1 atom stereocenters. The van der Waals surface area contributed by atoms with E-state index in [0.717, 1.165) is 25.3 Å². The number of rotatable bonds is 8. The molecular formula is C18H32IN3O. The molecule has 1 rings (SSSR count). The van der Waals surface area contributed by atoms with Gasteiger partial charge in [0.25, 0.3) is 0 Å². The van der Waals surface area contributed by atoms with Crippen molar-refractivity contribution in [2.24, 2.45) is 16.8 Å². The maximum Gasteiger partial charge on any atom is 0.193 e. The van der Waals surface area contributed by atoms with Crippen molar-refractivity contribution in [1.29, 1.82) is 0 Å². The number of halogens is 1. The third kappa shape index (κ3) is 9.81. The number of aliphatic hydroxyl groups is 1. The number of nitrogens with one attached hydrogen (secondary N) is 1. The molecule has 0 radical (unpaired) electrons. The molecule has 23 heavy (non-hydrogen) atoms. The number of guanidine groups is 1. The van der Waals surface area contributed by atoms with Gasteiger partial charge in [0.1, 0.15) is 0 Å². The van der Waals surface area contributed by atoms with Gasteiger partial charge in [-0.1, -0.05) is 44.2 Å². The monoisotopic (exact) mass is 433 g/mol. The molecule has 1 aromatic carbocycles. The van der Waals surface area contributed by atoms with Crippen LogP contribution in [0.4, 0.5) is 0 Å². The van der Waals surface area contributed by atoms with Crippen LogP contribution >= 0.6 is 24.0 Å². The Morgan fingerprint density at radius 3 is 2.39 bits per heavy atom. The molecular weight excluding hydrogens is 401 g/mol. The highest BCUT2D eigenvalue weighted by Gasteiger charge is 2.12. The lowest BCUT2D eigenvalue weighted by molar-refractivity contribution is 0.242. The molecule has 0 saturated heterocycles. The lowest BCUT2D eigenvalue weighted by Crippen LogP contribution is -2.39. The number of benzene rings is 1. The van der Waals surface area contributed by atoms with Crippen LogP contribution in [0.3, 0.4) is 0 Å². The Hall–Kier alpha value is -0.820. The summed E-state index contributed by atoms with van der Waals surface area (Å²) in [6.07, 6.45) is 1.96. The van der Waals surface area contributed by atoms with E-state index in [1.165, 1.54) is 5.56 Å². The molecule has 4 nitrogen and oxygen atoms in total. The molecule has 0 aromatic heterocycles. The van der Waals surface area contributed by atoms with Crippen LogP contribution in [0.1, 0.15) is 32.3 Å². The summed E-state index contributed by atoms with van der Waals surface area (Å²) in [6.45, 7) is 6.22. The molecule has 0 aliphatic carbocycles. The number of nitrogens with zero attached hydrogens (tertiary/aromatic N) is 2. The minimum absolute atomic E-state index is 0. The van der Waals surface area contributed by atoms with Crippen LogP contribution in [-0.2, 0) is 6.54 Å². The van der Waals surface area contributed by atoms with Gasteiger partial charge >= 0.3 is 0 Å². The molecule has 0 spiro atoms. The summed E-state index contributed by atoms with van der Waals surface area (Å²) in [5.41, 5.74) is 1.21. The van der Waals surface area contributed by atoms with Gasteiger partial charge < -0.3 is 15.3 Å². The number of hydrogen-bond donors (Lipinski definition) is 2. The third-order valence-corrected chi connectivity index (χ3v) is 3.57. The third-order valence-electron chi connectivity index (χ3n) is 3.57. The maximum absolute atomic E-state index is 9.21. The van der Waals surface area contributed by atoms with Crippen LogP contribution < -0.4 is 5.32 Å². The highest BCUT2D eigenvalue weighted by molar-refractivity contribution is 14.0. The molecule has 5 heteroatoms. The first-order valence-electron chi connectivity index (χ1n) is 8.13. The maximum atomic E-state index is 9.21. The van der Waals surface area contributed by atoms with Crippen LogP contribution in [0, 0.1) is 11.8 Å². The Kier molecular flexibility index (Phi) is 12.1. The predicted octanol–water partition coefficient (Wildman–Crippen LogP) is 3.36. The van der Waals surface area contributed by atoms with Gasteiger partial charge in [-0.25, -0.2) is 4.99 Å². The Morgan fingerprint density at radius 2 is 1.87 bits per heavy atom. The van der Waals surface area contributed by atoms with E-state index in [-0.39, 0.29) is 30.6 Å². The second kappa shape index (κ2) is 12.6. The Morgan fingerprint density at radius 1 is 1.22 bits per heavy atom. The summed E-state index contributed by atoms with van der Waals surface area (Å²) in [7, 11) is 4.00. The standard InChI is InChI=1S/C18H31N3O.HI/c1-15(2)12-17(10-11-22)14-20-18(21(3)4)19-13-16-8-6-5-7-9-16;/h5-9,15,17,22H,10-14H2,1-4H3,(H,19,20);1H. The van der Waals surface area contributed by atoms with Gasteiger partial charge in [0.15, 0.2) is 5.96 Å². The van der Waals surface area contributed by atoms with Crippen molar-refractivity contribution < 1.29 is 5.11 Å². The van der Waals surface area contributed by atoms with Crippen LogP contribution in [0.5, 0.6) is 0 Å². The average Bonchev–Trinajstić information content (AvgIpc) is 2.47. The highest BCUT2D eigenvalue weighted by Crippen LogP contribution is 2.14. The van der Waals surface area contributed by atoms with E-state index in [4.69, 9.17) is 0 Å². The minimum Gasteiger partial charge on any atom is -0.396 e. The molecule has 2 N–H and O–H groups in total. The summed E-state index contributed by atoms with van der Waals surface area (Å²) >= 11 is 0. The molecule has 1 aromatic rings. The van der Waals surface area contributed by atoms with Crippen molar-refractivity contribution in [1.82, 2.24) is 10.2 Å². The number of aliphatic hydroxyl groups excluding tert-OH is 1. The fourth-order valence-electron chi connectivity index (χ4n) is 2.49. The van der Waals surface area contributed by atoms with Crippen LogP contribution in [-0.4, -0.2) is 43.2 Å². The first kappa shape index (κ1) is 22.2. The second-order valence-electron chi connectivity index (χ2n) is 6.41. The van der Waals surface area contributed by atoms with E-state index in [0.29, 0.717) is 18.4 Å². The van der Waals surface area contributed by atoms with Gasteiger partial charge in [0.05, 0.1) is 6.54 Å². The first-order chi connectivity index (χ1) is 10.5. The quantitative estimate of drug-likeness (QED) is 0.376. The van der Waals surface area contributed by atoms with E-state index in [2.05, 4.69) is 36.3 Å². The van der Waals surface area contributed by atoms with Gasteiger partial charge in [-0.15, -0.1) is 24.0 Å². The molecule has 0 aliphatic heterocycles. The van der Waals surface area contributed by atoms with Gasteiger partial charge in [0, 0.05) is 27.2 Å². The Labute approximate surface area is 158 Å². The lowest BCUT2D eigenvalue weighted by Gasteiger charge is -2.23. The van der Waals surface area contributed by atoms with Crippen molar-refractivity contribution in [3.63, 3.8) is 0 Å². The van der Waals surface area contributed by atoms with Gasteiger partial charge in [0.2, 0.25) is 0 Å². The van der Waals surface area contributed by atoms with Gasteiger partial charge in [-0.05, 0) is 30.2 Å². The van der Waals surface area contributed by atoms with Crippen LogP contribution in [0.2, 0.25) is 0 Å². The largest absolute Gasteiger partial charge is 0.396 e. The fourth-order valence-corrected chi connectivity index (χ4v) is 2.49. The molecule has 1 unspecified atom stereocenters. The molecule has 0 bridgehead atoms. The topological polar surface area (TPSA) is 47.9 Å². The van der Waals surface area contributed by atoms with E-state index in [1.807, 2.05) is 37.2 Å². The number of hydrogen-bond acceptors (Lipinski definition) is 2. The molecule has 0 fully saturated rings. The Bertz CT molecular complexity index is 435. The molecule has 0 saturated carbocycles. The SMILES string of the molecule is CC(C)CC(CCO)CNC(=NCc1ccccc1)N(C)C.I. The average molecular weight is 433 g/mol. The van der Waals surface area contributed by atoms with E-state index >= 15 is 0 Å². The molecule has 0 amide bonds. The van der Waals surface area contributed by atoms with E-state index < -0.39 is 0 Å². The molecule has 132 valence electrons. The van der Waals surface area contributed by atoms with Gasteiger partial charge in [-0.2, -0.15) is 0 Å². The first-order valence-corrected chi connectivity index (χ1v) is 8.13.